The Morgan fingerprint density at radius 2 is 1.90 bits per heavy atom. The van der Waals surface area contributed by atoms with Crippen molar-refractivity contribution in [2.24, 2.45) is 5.92 Å². The second kappa shape index (κ2) is 4.88. The van der Waals surface area contributed by atoms with E-state index in [2.05, 4.69) is 29.6 Å². The standard InChI is InChI=1S/C18H15ClFN/c19-12-6-4-11(5-7-12)18-15-3-1-2-14(15)16-10-13(20)8-9-17(16)21-18/h1-2,4-10,14-15,18,21H,3H2/t14-,15+,18-/m1/s1. The molecular formula is C18H15ClFN. The molecule has 21 heavy (non-hydrogen) atoms. The Hall–Kier alpha value is -1.80. The van der Waals surface area contributed by atoms with Crippen LogP contribution >= 0.6 is 11.6 Å². The van der Waals surface area contributed by atoms with Gasteiger partial charge in [-0.3, -0.25) is 0 Å². The number of nitrogens with one attached hydrogen (secondary N) is 1. The minimum absolute atomic E-state index is 0.167. The van der Waals surface area contributed by atoms with E-state index in [0.717, 1.165) is 22.7 Å². The summed E-state index contributed by atoms with van der Waals surface area (Å²) in [5.74, 6) is 0.553. The first-order valence-electron chi connectivity index (χ1n) is 7.20. The number of anilines is 1. The predicted molar refractivity (Wildman–Crippen MR) is 84.2 cm³/mol. The summed E-state index contributed by atoms with van der Waals surface area (Å²) < 4.78 is 13.5. The van der Waals surface area contributed by atoms with E-state index in [1.807, 2.05) is 18.2 Å². The lowest BCUT2D eigenvalue weighted by Gasteiger charge is -2.37. The maximum atomic E-state index is 13.5. The molecule has 1 nitrogen and oxygen atoms in total. The Kier molecular flexibility index (Phi) is 3.00. The largest absolute Gasteiger partial charge is 0.378 e. The molecule has 0 saturated heterocycles. The summed E-state index contributed by atoms with van der Waals surface area (Å²) in [6.45, 7) is 0. The van der Waals surface area contributed by atoms with Crippen LogP contribution in [0, 0.1) is 11.7 Å². The third-order valence-electron chi connectivity index (χ3n) is 4.55. The molecule has 3 atom stereocenters. The summed E-state index contributed by atoms with van der Waals surface area (Å²) in [5, 5.41) is 4.33. The lowest BCUT2D eigenvalue weighted by Crippen LogP contribution is -2.29. The zero-order chi connectivity index (χ0) is 14.4. The highest BCUT2D eigenvalue weighted by Gasteiger charge is 2.37. The van der Waals surface area contributed by atoms with Crippen LogP contribution in [0.4, 0.5) is 10.1 Å². The quantitative estimate of drug-likeness (QED) is 0.704. The smallest absolute Gasteiger partial charge is 0.123 e. The topological polar surface area (TPSA) is 12.0 Å². The van der Waals surface area contributed by atoms with E-state index in [4.69, 9.17) is 11.6 Å². The molecule has 1 N–H and O–H groups in total. The Bertz CT molecular complexity index is 708. The van der Waals surface area contributed by atoms with E-state index in [9.17, 15) is 4.39 Å². The van der Waals surface area contributed by atoms with Crippen molar-refractivity contribution >= 4 is 17.3 Å². The molecule has 0 bridgehead atoms. The van der Waals surface area contributed by atoms with Gasteiger partial charge in [-0.15, -0.1) is 0 Å². The van der Waals surface area contributed by atoms with Gasteiger partial charge in [-0.1, -0.05) is 35.9 Å². The summed E-state index contributed by atoms with van der Waals surface area (Å²) in [7, 11) is 0. The highest BCUT2D eigenvalue weighted by molar-refractivity contribution is 6.30. The number of fused-ring (bicyclic) bond motifs is 3. The van der Waals surface area contributed by atoms with Crippen LogP contribution in [-0.2, 0) is 0 Å². The van der Waals surface area contributed by atoms with Gasteiger partial charge in [-0.05, 0) is 53.8 Å². The molecule has 0 aromatic heterocycles. The van der Waals surface area contributed by atoms with Gasteiger partial charge in [0.05, 0.1) is 6.04 Å². The van der Waals surface area contributed by atoms with E-state index >= 15 is 0 Å². The molecule has 1 aliphatic heterocycles. The van der Waals surface area contributed by atoms with Crippen LogP contribution in [0.2, 0.25) is 5.02 Å². The van der Waals surface area contributed by atoms with E-state index in [1.165, 1.54) is 11.6 Å². The van der Waals surface area contributed by atoms with Crippen LogP contribution in [0.15, 0.2) is 54.6 Å². The molecule has 0 spiro atoms. The van der Waals surface area contributed by atoms with Crippen LogP contribution < -0.4 is 5.32 Å². The number of halogens is 2. The molecule has 2 aliphatic rings. The molecule has 2 aromatic carbocycles. The van der Waals surface area contributed by atoms with E-state index in [-0.39, 0.29) is 17.8 Å². The van der Waals surface area contributed by atoms with Crippen LogP contribution in [0.25, 0.3) is 0 Å². The second-order valence-corrected chi connectivity index (χ2v) is 6.20. The van der Waals surface area contributed by atoms with Gasteiger partial charge < -0.3 is 5.32 Å². The van der Waals surface area contributed by atoms with Crippen LogP contribution in [0.3, 0.4) is 0 Å². The van der Waals surface area contributed by atoms with E-state index in [0.29, 0.717) is 5.92 Å². The fraction of sp³-hybridized carbons (Fsp3) is 0.222. The lowest BCUT2D eigenvalue weighted by atomic mass is 9.77. The lowest BCUT2D eigenvalue weighted by molar-refractivity contribution is 0.424. The van der Waals surface area contributed by atoms with E-state index < -0.39 is 0 Å². The number of hydrogen-bond acceptors (Lipinski definition) is 1. The first-order valence-corrected chi connectivity index (χ1v) is 7.58. The van der Waals surface area contributed by atoms with Crippen LogP contribution in [0.5, 0.6) is 0 Å². The van der Waals surface area contributed by atoms with Crippen molar-refractivity contribution in [3.63, 3.8) is 0 Å². The Labute approximate surface area is 128 Å². The zero-order valence-corrected chi connectivity index (χ0v) is 12.1. The summed E-state index contributed by atoms with van der Waals surface area (Å²) in [5.41, 5.74) is 3.33. The number of rotatable bonds is 1. The van der Waals surface area contributed by atoms with Gasteiger partial charge in [-0.25, -0.2) is 4.39 Å². The summed E-state index contributed by atoms with van der Waals surface area (Å²) in [6.07, 6.45) is 5.44. The summed E-state index contributed by atoms with van der Waals surface area (Å²) >= 11 is 5.99. The summed E-state index contributed by atoms with van der Waals surface area (Å²) in [6, 6.07) is 13.3. The van der Waals surface area contributed by atoms with Crippen molar-refractivity contribution in [1.29, 1.82) is 0 Å². The predicted octanol–water partition coefficient (Wildman–Crippen LogP) is 5.31. The van der Waals surface area contributed by atoms with Crippen molar-refractivity contribution in [2.45, 2.75) is 18.4 Å². The monoisotopic (exact) mass is 299 g/mol. The molecule has 0 amide bonds. The van der Waals surface area contributed by atoms with E-state index in [1.54, 1.807) is 6.07 Å². The molecule has 1 aliphatic carbocycles. The molecule has 0 radical (unpaired) electrons. The second-order valence-electron chi connectivity index (χ2n) is 5.76. The molecule has 1 heterocycles. The number of allylic oxidation sites excluding steroid dienone is 2. The minimum Gasteiger partial charge on any atom is -0.378 e. The fourth-order valence-electron chi connectivity index (χ4n) is 3.57. The first-order chi connectivity index (χ1) is 10.2. The average molecular weight is 300 g/mol. The van der Waals surface area contributed by atoms with Gasteiger partial charge in [0.2, 0.25) is 0 Å². The average Bonchev–Trinajstić information content (AvgIpc) is 2.97. The maximum absolute atomic E-state index is 13.5. The molecular weight excluding hydrogens is 285 g/mol. The number of benzene rings is 2. The SMILES string of the molecule is Fc1ccc2c(c1)[C@@H]1C=CC[C@@H]1[C@@H](c1ccc(Cl)cc1)N2. The molecule has 3 heteroatoms. The third-order valence-corrected chi connectivity index (χ3v) is 4.81. The molecule has 106 valence electrons. The fourth-order valence-corrected chi connectivity index (χ4v) is 3.69. The van der Waals surface area contributed by atoms with Crippen LogP contribution in [-0.4, -0.2) is 0 Å². The minimum atomic E-state index is -0.167. The first kappa shape index (κ1) is 12.9. The molecule has 2 aromatic rings. The zero-order valence-electron chi connectivity index (χ0n) is 11.4. The maximum Gasteiger partial charge on any atom is 0.123 e. The van der Waals surface area contributed by atoms with Gasteiger partial charge in [0.1, 0.15) is 5.82 Å². The van der Waals surface area contributed by atoms with Gasteiger partial charge in [-0.2, -0.15) is 0 Å². The Balaban J connectivity index is 1.78. The van der Waals surface area contributed by atoms with Crippen molar-refractivity contribution in [3.05, 3.63) is 76.6 Å². The molecule has 0 fully saturated rings. The molecule has 4 rings (SSSR count). The van der Waals surface area contributed by atoms with Gasteiger partial charge in [0, 0.05) is 16.6 Å². The van der Waals surface area contributed by atoms with Crippen molar-refractivity contribution < 1.29 is 4.39 Å². The third kappa shape index (κ3) is 2.14. The Morgan fingerprint density at radius 3 is 2.71 bits per heavy atom. The van der Waals surface area contributed by atoms with Gasteiger partial charge >= 0.3 is 0 Å². The molecule has 0 saturated carbocycles. The van der Waals surface area contributed by atoms with Crippen molar-refractivity contribution in [1.82, 2.24) is 0 Å². The Morgan fingerprint density at radius 1 is 1.10 bits per heavy atom. The highest BCUT2D eigenvalue weighted by Crippen LogP contribution is 2.49. The normalized spacial score (nSPS) is 26.1. The van der Waals surface area contributed by atoms with Gasteiger partial charge in [0.25, 0.3) is 0 Å². The van der Waals surface area contributed by atoms with Crippen LogP contribution in [0.1, 0.15) is 29.5 Å². The summed E-state index contributed by atoms with van der Waals surface area (Å²) in [4.78, 5) is 0. The van der Waals surface area contributed by atoms with Crippen molar-refractivity contribution in [2.75, 3.05) is 5.32 Å². The highest BCUT2D eigenvalue weighted by atomic mass is 35.5. The number of hydrogen-bond donors (Lipinski definition) is 1. The van der Waals surface area contributed by atoms with Gasteiger partial charge in [0.15, 0.2) is 0 Å². The molecule has 0 unspecified atom stereocenters. The van der Waals surface area contributed by atoms with Crippen molar-refractivity contribution in [3.8, 4) is 0 Å².